The lowest BCUT2D eigenvalue weighted by Gasteiger charge is -2.38. The van der Waals surface area contributed by atoms with Gasteiger partial charge in [-0.05, 0) is 40.7 Å². The molecule has 2 saturated carbocycles. The third kappa shape index (κ3) is 0.367. The van der Waals surface area contributed by atoms with Crippen molar-refractivity contribution in [2.24, 2.45) is 11.8 Å². The van der Waals surface area contributed by atoms with Crippen LogP contribution in [0.25, 0.3) is 0 Å². The summed E-state index contributed by atoms with van der Waals surface area (Å²) in [6, 6.07) is 9.08. The molecule has 2 fully saturated rings. The Hall–Kier alpha value is -0.780. The fourth-order valence-electron chi connectivity index (χ4n) is 3.98. The zero-order chi connectivity index (χ0) is 7.92. The van der Waals surface area contributed by atoms with Crippen molar-refractivity contribution in [3.05, 3.63) is 35.4 Å². The van der Waals surface area contributed by atoms with E-state index in [9.17, 15) is 0 Å². The van der Waals surface area contributed by atoms with Crippen molar-refractivity contribution < 1.29 is 0 Å². The Morgan fingerprint density at radius 3 is 3.00 bits per heavy atom. The summed E-state index contributed by atoms with van der Waals surface area (Å²) < 4.78 is 0. The van der Waals surface area contributed by atoms with Crippen LogP contribution in [0.2, 0.25) is 0 Å². The molecule has 0 nitrogen and oxygen atoms in total. The lowest BCUT2D eigenvalue weighted by molar-refractivity contribution is 0.247. The zero-order valence-electron chi connectivity index (χ0n) is 7.25. The lowest BCUT2D eigenvalue weighted by Crippen LogP contribution is -2.34. The first-order chi connectivity index (χ1) is 5.82. The molecular formula is C12H12. The van der Waals surface area contributed by atoms with Gasteiger partial charge in [0.15, 0.2) is 0 Å². The van der Waals surface area contributed by atoms with Gasteiger partial charge in [0.05, 0.1) is 0 Å². The van der Waals surface area contributed by atoms with Gasteiger partial charge in [0.25, 0.3) is 0 Å². The molecule has 3 aliphatic carbocycles. The smallest absolute Gasteiger partial charge is 0.00324 e. The van der Waals surface area contributed by atoms with Gasteiger partial charge in [0, 0.05) is 0 Å². The summed E-state index contributed by atoms with van der Waals surface area (Å²) in [7, 11) is 0. The summed E-state index contributed by atoms with van der Waals surface area (Å²) in [5, 5.41) is 0. The van der Waals surface area contributed by atoms with Crippen LogP contribution in [0.1, 0.15) is 30.4 Å². The monoisotopic (exact) mass is 156 g/mol. The van der Waals surface area contributed by atoms with Crippen LogP contribution in [-0.2, 0) is 5.41 Å². The summed E-state index contributed by atoms with van der Waals surface area (Å²) in [5.41, 5.74) is 3.95. The van der Waals surface area contributed by atoms with Crippen molar-refractivity contribution in [2.45, 2.75) is 24.7 Å². The molecule has 0 saturated heterocycles. The number of rotatable bonds is 0. The molecule has 3 aliphatic rings. The van der Waals surface area contributed by atoms with Gasteiger partial charge < -0.3 is 0 Å². The van der Waals surface area contributed by atoms with Gasteiger partial charge in [-0.25, -0.2) is 0 Å². The minimum absolute atomic E-state index is 0.603. The Bertz CT molecular complexity index is 379. The second-order valence-corrected chi connectivity index (χ2v) is 4.92. The average Bonchev–Trinajstić information content (AvgIpc) is 2.66. The Kier molecular flexibility index (Phi) is 0.660. The fourth-order valence-corrected chi connectivity index (χ4v) is 3.98. The molecule has 4 atom stereocenters. The molecule has 1 aromatic carbocycles. The van der Waals surface area contributed by atoms with E-state index in [1.54, 1.807) is 11.1 Å². The topological polar surface area (TPSA) is 0 Å². The third-order valence-corrected chi connectivity index (χ3v) is 4.50. The van der Waals surface area contributed by atoms with E-state index >= 15 is 0 Å². The minimum Gasteiger partial charge on any atom is -0.0620 e. The van der Waals surface area contributed by atoms with Gasteiger partial charge >= 0.3 is 0 Å². The molecule has 0 radical (unpaired) electrons. The van der Waals surface area contributed by atoms with Gasteiger partial charge in [-0.2, -0.15) is 0 Å². The second-order valence-electron chi connectivity index (χ2n) is 4.92. The summed E-state index contributed by atoms with van der Waals surface area (Å²) in [6.45, 7) is 2.46. The van der Waals surface area contributed by atoms with Gasteiger partial charge in [-0.3, -0.25) is 0 Å². The molecule has 0 spiro atoms. The first-order valence-electron chi connectivity index (χ1n) is 4.92. The van der Waals surface area contributed by atoms with Crippen LogP contribution in [0, 0.1) is 11.8 Å². The highest BCUT2D eigenvalue weighted by molar-refractivity contribution is 5.55. The molecule has 0 heterocycles. The SMILES string of the molecule is C[C@]12C[C@@H]3[C@@H](c4ccccc41)[C@H]32. The van der Waals surface area contributed by atoms with Gasteiger partial charge in [-0.15, -0.1) is 0 Å². The molecule has 0 bridgehead atoms. The number of hydrogen-bond donors (Lipinski definition) is 0. The number of fused-ring (bicyclic) bond motifs is 4. The summed E-state index contributed by atoms with van der Waals surface area (Å²) in [4.78, 5) is 0. The van der Waals surface area contributed by atoms with E-state index in [4.69, 9.17) is 0 Å². The van der Waals surface area contributed by atoms with Crippen LogP contribution in [0.3, 0.4) is 0 Å². The summed E-state index contributed by atoms with van der Waals surface area (Å²) >= 11 is 0. The van der Waals surface area contributed by atoms with Crippen LogP contribution in [-0.4, -0.2) is 0 Å². The molecule has 60 valence electrons. The molecule has 0 aromatic heterocycles. The highest BCUT2D eigenvalue weighted by Crippen LogP contribution is 2.81. The fraction of sp³-hybridized carbons (Fsp3) is 0.500. The van der Waals surface area contributed by atoms with Gasteiger partial charge in [0.1, 0.15) is 0 Å². The van der Waals surface area contributed by atoms with Crippen molar-refractivity contribution >= 4 is 0 Å². The van der Waals surface area contributed by atoms with Crippen molar-refractivity contribution in [1.29, 1.82) is 0 Å². The van der Waals surface area contributed by atoms with E-state index in [2.05, 4.69) is 31.2 Å². The maximum Gasteiger partial charge on any atom is -0.00324 e. The Labute approximate surface area is 72.6 Å². The Morgan fingerprint density at radius 2 is 2.17 bits per heavy atom. The van der Waals surface area contributed by atoms with Crippen LogP contribution in [0.4, 0.5) is 0 Å². The zero-order valence-corrected chi connectivity index (χ0v) is 7.25. The molecule has 12 heavy (non-hydrogen) atoms. The molecule has 0 N–H and O–H groups in total. The van der Waals surface area contributed by atoms with Gasteiger partial charge in [0.2, 0.25) is 0 Å². The van der Waals surface area contributed by atoms with Crippen LogP contribution >= 0.6 is 0 Å². The summed E-state index contributed by atoms with van der Waals surface area (Å²) in [6.07, 6.45) is 1.47. The third-order valence-electron chi connectivity index (χ3n) is 4.50. The maximum absolute atomic E-state index is 2.46. The number of benzene rings is 1. The standard InChI is InChI=1S/C12H12/c1-12-6-8-10(11(8)12)7-4-2-3-5-9(7)12/h2-5,8,10-11H,6H2,1H3/t8-,10-,11+,12+/m1/s1. The predicted octanol–water partition coefficient (Wildman–Crippen LogP) is 2.69. The highest BCUT2D eigenvalue weighted by Gasteiger charge is 2.74. The van der Waals surface area contributed by atoms with Crippen molar-refractivity contribution in [3.63, 3.8) is 0 Å². The predicted molar refractivity (Wildman–Crippen MR) is 48.1 cm³/mol. The molecule has 4 rings (SSSR count). The van der Waals surface area contributed by atoms with E-state index in [0.717, 1.165) is 17.8 Å². The van der Waals surface area contributed by atoms with Crippen LogP contribution < -0.4 is 0 Å². The molecule has 1 aromatic rings. The number of hydrogen-bond acceptors (Lipinski definition) is 0. The van der Waals surface area contributed by atoms with Gasteiger partial charge in [-0.1, -0.05) is 31.2 Å². The van der Waals surface area contributed by atoms with Crippen molar-refractivity contribution in [1.82, 2.24) is 0 Å². The molecule has 0 unspecified atom stereocenters. The Morgan fingerprint density at radius 1 is 1.33 bits per heavy atom. The second kappa shape index (κ2) is 1.37. The van der Waals surface area contributed by atoms with Crippen LogP contribution in [0.5, 0.6) is 0 Å². The lowest BCUT2D eigenvalue weighted by atomic mass is 9.65. The highest BCUT2D eigenvalue weighted by atomic mass is 14.8. The largest absolute Gasteiger partial charge is 0.0620 e. The molecule has 0 heteroatoms. The minimum atomic E-state index is 0.603. The van der Waals surface area contributed by atoms with E-state index in [0.29, 0.717) is 5.41 Å². The molecule has 0 amide bonds. The van der Waals surface area contributed by atoms with E-state index in [1.807, 2.05) is 0 Å². The first kappa shape index (κ1) is 5.80. The van der Waals surface area contributed by atoms with E-state index < -0.39 is 0 Å². The average molecular weight is 156 g/mol. The molecule has 0 aliphatic heterocycles. The maximum atomic E-state index is 2.46. The Balaban J connectivity index is 2.08. The molecular weight excluding hydrogens is 144 g/mol. The quantitative estimate of drug-likeness (QED) is 0.541. The van der Waals surface area contributed by atoms with E-state index in [-0.39, 0.29) is 0 Å². The summed E-state index contributed by atoms with van der Waals surface area (Å²) in [5.74, 6) is 3.12. The van der Waals surface area contributed by atoms with Crippen molar-refractivity contribution in [2.75, 3.05) is 0 Å². The first-order valence-corrected chi connectivity index (χ1v) is 4.92. The van der Waals surface area contributed by atoms with E-state index in [1.165, 1.54) is 6.42 Å². The van der Waals surface area contributed by atoms with Crippen LogP contribution in [0.15, 0.2) is 24.3 Å². The normalized spacial score (nSPS) is 50.9. The van der Waals surface area contributed by atoms with Crippen molar-refractivity contribution in [3.8, 4) is 0 Å².